The van der Waals surface area contributed by atoms with Gasteiger partial charge in [0.2, 0.25) is 6.29 Å². The Bertz CT molecular complexity index is 146. The first-order chi connectivity index (χ1) is 5.79. The van der Waals surface area contributed by atoms with Gasteiger partial charge in [0.05, 0.1) is 0 Å². The van der Waals surface area contributed by atoms with Crippen molar-refractivity contribution in [1.29, 1.82) is 0 Å². The zero-order valence-corrected chi connectivity index (χ0v) is 7.71. The number of carbonyl (C=O) groups is 1. The molecule has 70 valence electrons. The van der Waals surface area contributed by atoms with Crippen LogP contribution in [0.4, 0.5) is 0 Å². The molecule has 1 saturated carbocycles. The summed E-state index contributed by atoms with van der Waals surface area (Å²) in [6.45, 7) is 4.80. The van der Waals surface area contributed by atoms with E-state index in [-0.39, 0.29) is 11.7 Å². The van der Waals surface area contributed by atoms with Crippen molar-refractivity contribution >= 4 is 5.78 Å². The summed E-state index contributed by atoms with van der Waals surface area (Å²) in [5, 5.41) is 0. The number of rotatable bonds is 6. The molecular formula is C9H16O3. The predicted molar refractivity (Wildman–Crippen MR) is 44.8 cm³/mol. The third-order valence-electron chi connectivity index (χ3n) is 1.85. The van der Waals surface area contributed by atoms with Gasteiger partial charge in [-0.2, -0.15) is 0 Å². The van der Waals surface area contributed by atoms with Gasteiger partial charge in [-0.3, -0.25) is 4.79 Å². The fourth-order valence-corrected chi connectivity index (χ4v) is 1.08. The molecule has 0 radical (unpaired) electrons. The van der Waals surface area contributed by atoms with Crippen LogP contribution in [0, 0.1) is 5.92 Å². The Morgan fingerprint density at radius 1 is 1.33 bits per heavy atom. The van der Waals surface area contributed by atoms with Crippen LogP contribution in [0.15, 0.2) is 0 Å². The van der Waals surface area contributed by atoms with Crippen LogP contribution >= 0.6 is 0 Å². The molecule has 0 unspecified atom stereocenters. The monoisotopic (exact) mass is 172 g/mol. The van der Waals surface area contributed by atoms with Crippen LogP contribution in [0.5, 0.6) is 0 Å². The van der Waals surface area contributed by atoms with Gasteiger partial charge in [0.15, 0.2) is 5.78 Å². The Balaban J connectivity index is 2.33. The van der Waals surface area contributed by atoms with Crippen molar-refractivity contribution in [3.05, 3.63) is 0 Å². The lowest BCUT2D eigenvalue weighted by Gasteiger charge is -2.14. The Labute approximate surface area is 73.0 Å². The molecule has 3 nitrogen and oxygen atoms in total. The molecule has 0 bridgehead atoms. The zero-order chi connectivity index (χ0) is 8.97. The van der Waals surface area contributed by atoms with Gasteiger partial charge in [-0.15, -0.1) is 0 Å². The number of ether oxygens (including phenoxy) is 2. The highest BCUT2D eigenvalue weighted by Crippen LogP contribution is 2.31. The van der Waals surface area contributed by atoms with Gasteiger partial charge in [-0.1, -0.05) is 0 Å². The number of Topliss-reactive ketones (excluding diaryl/α,β-unsaturated/α-hetero) is 1. The summed E-state index contributed by atoms with van der Waals surface area (Å²) in [5.74, 6) is 0.340. The Morgan fingerprint density at radius 3 is 2.17 bits per heavy atom. The first kappa shape index (κ1) is 9.68. The van der Waals surface area contributed by atoms with E-state index < -0.39 is 6.29 Å². The molecule has 1 aliphatic carbocycles. The lowest BCUT2D eigenvalue weighted by Crippen LogP contribution is -2.28. The Hall–Kier alpha value is -0.410. The summed E-state index contributed by atoms with van der Waals surface area (Å²) >= 11 is 0. The summed E-state index contributed by atoms with van der Waals surface area (Å²) in [4.78, 5) is 11.4. The van der Waals surface area contributed by atoms with Crippen molar-refractivity contribution in [2.45, 2.75) is 33.0 Å². The maximum absolute atomic E-state index is 11.4. The van der Waals surface area contributed by atoms with Crippen molar-refractivity contribution in [3.8, 4) is 0 Å². The maximum Gasteiger partial charge on any atom is 0.218 e. The van der Waals surface area contributed by atoms with Crippen LogP contribution in [0.2, 0.25) is 0 Å². The van der Waals surface area contributed by atoms with E-state index in [1.165, 1.54) is 0 Å². The smallest absolute Gasteiger partial charge is 0.218 e. The van der Waals surface area contributed by atoms with Gasteiger partial charge in [-0.25, -0.2) is 0 Å². The highest BCUT2D eigenvalue weighted by atomic mass is 16.7. The average molecular weight is 172 g/mol. The topological polar surface area (TPSA) is 35.5 Å². The highest BCUT2D eigenvalue weighted by Gasteiger charge is 2.35. The lowest BCUT2D eigenvalue weighted by molar-refractivity contribution is -0.169. The molecule has 0 aromatic rings. The molecular weight excluding hydrogens is 156 g/mol. The van der Waals surface area contributed by atoms with E-state index in [1.807, 2.05) is 13.8 Å². The molecule has 1 fully saturated rings. The van der Waals surface area contributed by atoms with E-state index >= 15 is 0 Å². The molecule has 0 spiro atoms. The summed E-state index contributed by atoms with van der Waals surface area (Å²) in [7, 11) is 0. The molecule has 0 heterocycles. The second-order valence-electron chi connectivity index (χ2n) is 2.92. The third kappa shape index (κ3) is 2.57. The summed E-state index contributed by atoms with van der Waals surface area (Å²) in [6.07, 6.45) is 1.41. The second kappa shape index (κ2) is 4.58. The number of hydrogen-bond acceptors (Lipinski definition) is 3. The van der Waals surface area contributed by atoms with Crippen molar-refractivity contribution in [2.24, 2.45) is 5.92 Å². The van der Waals surface area contributed by atoms with Crippen LogP contribution in [0.1, 0.15) is 26.7 Å². The molecule has 0 aliphatic heterocycles. The maximum atomic E-state index is 11.4. The molecule has 3 heteroatoms. The van der Waals surface area contributed by atoms with Gasteiger partial charge in [0.25, 0.3) is 0 Å². The van der Waals surface area contributed by atoms with Crippen LogP contribution in [0.25, 0.3) is 0 Å². The van der Waals surface area contributed by atoms with Crippen molar-refractivity contribution < 1.29 is 14.3 Å². The second-order valence-corrected chi connectivity index (χ2v) is 2.92. The van der Waals surface area contributed by atoms with E-state index in [0.717, 1.165) is 12.8 Å². The number of ketones is 1. The SMILES string of the molecule is CCOC(OCC)C(=O)C1CC1. The van der Waals surface area contributed by atoms with Gasteiger partial charge in [-0.05, 0) is 26.7 Å². The normalized spacial score (nSPS) is 16.9. The largest absolute Gasteiger partial charge is 0.346 e. The minimum absolute atomic E-state index is 0.124. The standard InChI is InChI=1S/C9H16O3/c1-3-11-9(12-4-2)8(10)7-5-6-7/h7,9H,3-6H2,1-2H3. The van der Waals surface area contributed by atoms with E-state index in [9.17, 15) is 4.79 Å². The van der Waals surface area contributed by atoms with Crippen molar-refractivity contribution in [1.82, 2.24) is 0 Å². The van der Waals surface area contributed by atoms with Crippen LogP contribution < -0.4 is 0 Å². The summed E-state index contributed by atoms with van der Waals surface area (Å²) in [6, 6.07) is 0. The molecule has 12 heavy (non-hydrogen) atoms. The molecule has 0 aromatic carbocycles. The minimum atomic E-state index is -0.604. The van der Waals surface area contributed by atoms with Gasteiger partial charge in [0, 0.05) is 19.1 Å². The molecule has 0 aromatic heterocycles. The lowest BCUT2D eigenvalue weighted by atomic mass is 10.2. The van der Waals surface area contributed by atoms with E-state index in [2.05, 4.69) is 0 Å². The Morgan fingerprint density at radius 2 is 1.83 bits per heavy atom. The first-order valence-electron chi connectivity index (χ1n) is 4.56. The van der Waals surface area contributed by atoms with Crippen LogP contribution in [-0.2, 0) is 14.3 Å². The van der Waals surface area contributed by atoms with Crippen LogP contribution in [0.3, 0.4) is 0 Å². The van der Waals surface area contributed by atoms with Crippen LogP contribution in [-0.4, -0.2) is 25.3 Å². The highest BCUT2D eigenvalue weighted by molar-refractivity contribution is 5.86. The average Bonchev–Trinajstić information content (AvgIpc) is 2.85. The Kier molecular flexibility index (Phi) is 3.69. The fraction of sp³-hybridized carbons (Fsp3) is 0.889. The molecule has 0 N–H and O–H groups in total. The number of hydrogen-bond donors (Lipinski definition) is 0. The fourth-order valence-electron chi connectivity index (χ4n) is 1.08. The number of carbonyl (C=O) groups excluding carboxylic acids is 1. The van der Waals surface area contributed by atoms with Gasteiger partial charge in [0.1, 0.15) is 0 Å². The molecule has 1 aliphatic rings. The van der Waals surface area contributed by atoms with E-state index in [1.54, 1.807) is 0 Å². The van der Waals surface area contributed by atoms with E-state index in [0.29, 0.717) is 13.2 Å². The molecule has 0 amide bonds. The summed E-state index contributed by atoms with van der Waals surface area (Å²) in [5.41, 5.74) is 0. The van der Waals surface area contributed by atoms with Crippen molar-refractivity contribution in [3.63, 3.8) is 0 Å². The van der Waals surface area contributed by atoms with Gasteiger partial charge >= 0.3 is 0 Å². The molecule has 1 rings (SSSR count). The van der Waals surface area contributed by atoms with Crippen molar-refractivity contribution in [2.75, 3.05) is 13.2 Å². The van der Waals surface area contributed by atoms with E-state index in [4.69, 9.17) is 9.47 Å². The zero-order valence-electron chi connectivity index (χ0n) is 7.71. The predicted octanol–water partition coefficient (Wildman–Crippen LogP) is 1.36. The molecule has 0 saturated heterocycles. The summed E-state index contributed by atoms with van der Waals surface area (Å²) < 4.78 is 10.3. The first-order valence-corrected chi connectivity index (χ1v) is 4.56. The molecule has 0 atom stereocenters. The van der Waals surface area contributed by atoms with Gasteiger partial charge < -0.3 is 9.47 Å². The minimum Gasteiger partial charge on any atom is -0.346 e. The third-order valence-corrected chi connectivity index (χ3v) is 1.85. The quantitative estimate of drug-likeness (QED) is 0.567.